The number of amides is 1. The van der Waals surface area contributed by atoms with Gasteiger partial charge < -0.3 is 20.3 Å². The maximum Gasteiger partial charge on any atom is 0.239 e. The van der Waals surface area contributed by atoms with Crippen molar-refractivity contribution in [2.24, 2.45) is 4.99 Å². The largest absolute Gasteiger partial charge is 0.383 e. The number of carbonyl (C=O) groups excluding carboxylic acids is 1. The van der Waals surface area contributed by atoms with Crippen LogP contribution in [-0.2, 0) is 9.53 Å². The minimum atomic E-state index is -0.0462. The van der Waals surface area contributed by atoms with Gasteiger partial charge in [0, 0.05) is 27.2 Å². The maximum absolute atomic E-state index is 11.3. The lowest BCUT2D eigenvalue weighted by Gasteiger charge is -2.14. The first-order valence-corrected chi connectivity index (χ1v) is 4.99. The number of aliphatic imine (C=N–C) groups is 1. The Morgan fingerprint density at radius 2 is 2.47 bits per heavy atom. The first-order chi connectivity index (χ1) is 7.24. The van der Waals surface area contributed by atoms with Crippen molar-refractivity contribution < 1.29 is 9.53 Å². The second kappa shape index (κ2) is 6.23. The minimum Gasteiger partial charge on any atom is -0.383 e. The van der Waals surface area contributed by atoms with E-state index in [0.717, 1.165) is 19.0 Å². The van der Waals surface area contributed by atoms with Crippen LogP contribution < -0.4 is 10.6 Å². The van der Waals surface area contributed by atoms with Crippen LogP contribution in [-0.4, -0.2) is 63.7 Å². The second-order valence-corrected chi connectivity index (χ2v) is 3.32. The first-order valence-electron chi connectivity index (χ1n) is 4.99. The molecule has 0 bridgehead atoms. The molecule has 0 fully saturated rings. The molecule has 0 aromatic heterocycles. The molecule has 6 heteroatoms. The van der Waals surface area contributed by atoms with E-state index in [2.05, 4.69) is 15.6 Å². The van der Waals surface area contributed by atoms with E-state index in [0.29, 0.717) is 13.2 Å². The van der Waals surface area contributed by atoms with Crippen molar-refractivity contribution in [2.75, 3.05) is 46.9 Å². The highest BCUT2D eigenvalue weighted by atomic mass is 16.5. The van der Waals surface area contributed by atoms with Gasteiger partial charge in [-0.2, -0.15) is 0 Å². The number of methoxy groups -OCH3 is 1. The SMILES string of the molecule is COCCNC(=O)CNC1=NCCN1C. The molecule has 86 valence electrons. The van der Waals surface area contributed by atoms with Crippen molar-refractivity contribution in [3.8, 4) is 0 Å². The lowest BCUT2D eigenvalue weighted by Crippen LogP contribution is -2.42. The molecule has 0 radical (unpaired) electrons. The van der Waals surface area contributed by atoms with Gasteiger partial charge in [0.25, 0.3) is 0 Å². The second-order valence-electron chi connectivity index (χ2n) is 3.32. The van der Waals surface area contributed by atoms with Crippen LogP contribution in [0.4, 0.5) is 0 Å². The van der Waals surface area contributed by atoms with E-state index in [4.69, 9.17) is 4.74 Å². The van der Waals surface area contributed by atoms with E-state index in [1.54, 1.807) is 7.11 Å². The fraction of sp³-hybridized carbons (Fsp3) is 0.778. The highest BCUT2D eigenvalue weighted by Crippen LogP contribution is 1.93. The number of rotatable bonds is 5. The molecule has 1 heterocycles. The van der Waals surface area contributed by atoms with Crippen LogP contribution in [0.5, 0.6) is 0 Å². The first kappa shape index (κ1) is 11.8. The van der Waals surface area contributed by atoms with Gasteiger partial charge in [0.1, 0.15) is 0 Å². The Morgan fingerprint density at radius 3 is 3.07 bits per heavy atom. The summed E-state index contributed by atoms with van der Waals surface area (Å²) in [5, 5.41) is 5.70. The Morgan fingerprint density at radius 1 is 1.67 bits per heavy atom. The zero-order valence-electron chi connectivity index (χ0n) is 9.25. The van der Waals surface area contributed by atoms with Crippen molar-refractivity contribution in [1.29, 1.82) is 0 Å². The average molecular weight is 214 g/mol. The fourth-order valence-corrected chi connectivity index (χ4v) is 1.24. The molecular formula is C9H18N4O2. The predicted molar refractivity (Wildman–Crippen MR) is 57.8 cm³/mol. The minimum absolute atomic E-state index is 0.0462. The van der Waals surface area contributed by atoms with Crippen molar-refractivity contribution >= 4 is 11.9 Å². The van der Waals surface area contributed by atoms with Gasteiger partial charge >= 0.3 is 0 Å². The van der Waals surface area contributed by atoms with Crippen molar-refractivity contribution in [1.82, 2.24) is 15.5 Å². The van der Waals surface area contributed by atoms with Crippen molar-refractivity contribution in [3.63, 3.8) is 0 Å². The molecule has 1 rings (SSSR count). The Balaban J connectivity index is 2.11. The summed E-state index contributed by atoms with van der Waals surface area (Å²) in [5.41, 5.74) is 0. The number of hydrogen-bond acceptors (Lipinski definition) is 5. The molecule has 0 spiro atoms. The zero-order valence-corrected chi connectivity index (χ0v) is 9.25. The van der Waals surface area contributed by atoms with Gasteiger partial charge in [-0.15, -0.1) is 0 Å². The van der Waals surface area contributed by atoms with E-state index < -0.39 is 0 Å². The molecule has 1 amide bonds. The lowest BCUT2D eigenvalue weighted by atomic mass is 10.5. The summed E-state index contributed by atoms with van der Waals surface area (Å²) in [6, 6.07) is 0. The summed E-state index contributed by atoms with van der Waals surface area (Å²) in [4.78, 5) is 17.5. The number of nitrogens with zero attached hydrogens (tertiary/aromatic N) is 2. The summed E-state index contributed by atoms with van der Waals surface area (Å²) in [6.45, 7) is 3.04. The molecule has 0 saturated heterocycles. The highest BCUT2D eigenvalue weighted by molar-refractivity contribution is 5.87. The standard InChI is InChI=1S/C9H18N4O2/c1-13-5-3-11-9(13)12-7-8(14)10-4-6-15-2/h3-7H2,1-2H3,(H,10,14)(H,11,12). The van der Waals surface area contributed by atoms with E-state index in [1.807, 2.05) is 11.9 Å². The summed E-state index contributed by atoms with van der Waals surface area (Å²) < 4.78 is 4.82. The monoisotopic (exact) mass is 214 g/mol. The van der Waals surface area contributed by atoms with Crippen molar-refractivity contribution in [3.05, 3.63) is 0 Å². The van der Waals surface area contributed by atoms with Gasteiger partial charge in [-0.25, -0.2) is 0 Å². The summed E-state index contributed by atoms with van der Waals surface area (Å²) in [6.07, 6.45) is 0. The molecule has 1 aliphatic heterocycles. The third-order valence-corrected chi connectivity index (χ3v) is 2.09. The molecule has 0 aromatic rings. The van der Waals surface area contributed by atoms with Crippen LogP contribution in [0.15, 0.2) is 4.99 Å². The molecule has 6 nitrogen and oxygen atoms in total. The maximum atomic E-state index is 11.3. The van der Waals surface area contributed by atoms with Gasteiger partial charge in [0.05, 0.1) is 19.7 Å². The van der Waals surface area contributed by atoms with Crippen LogP contribution in [0, 0.1) is 0 Å². The van der Waals surface area contributed by atoms with E-state index in [-0.39, 0.29) is 12.5 Å². The quantitative estimate of drug-likeness (QED) is 0.555. The number of ether oxygens (including phenoxy) is 1. The number of guanidine groups is 1. The molecule has 0 saturated carbocycles. The Hall–Kier alpha value is -1.30. The molecule has 1 aliphatic rings. The van der Waals surface area contributed by atoms with E-state index >= 15 is 0 Å². The van der Waals surface area contributed by atoms with Crippen LogP contribution >= 0.6 is 0 Å². The Kier molecular flexibility index (Phi) is 4.89. The van der Waals surface area contributed by atoms with Gasteiger partial charge in [-0.3, -0.25) is 9.79 Å². The third-order valence-electron chi connectivity index (χ3n) is 2.09. The number of carbonyl (C=O) groups is 1. The van der Waals surface area contributed by atoms with Crippen LogP contribution in [0.2, 0.25) is 0 Å². The smallest absolute Gasteiger partial charge is 0.239 e. The topological polar surface area (TPSA) is 66.0 Å². The summed E-state index contributed by atoms with van der Waals surface area (Å²) in [5.74, 6) is 0.743. The van der Waals surface area contributed by atoms with Crippen LogP contribution in [0.3, 0.4) is 0 Å². The highest BCUT2D eigenvalue weighted by Gasteiger charge is 2.12. The molecule has 2 N–H and O–H groups in total. The van der Waals surface area contributed by atoms with Gasteiger partial charge in [-0.05, 0) is 0 Å². The predicted octanol–water partition coefficient (Wildman–Crippen LogP) is -1.36. The van der Waals surface area contributed by atoms with Crippen LogP contribution in [0.25, 0.3) is 0 Å². The molecule has 0 unspecified atom stereocenters. The molecule has 0 aliphatic carbocycles. The van der Waals surface area contributed by atoms with Crippen LogP contribution in [0.1, 0.15) is 0 Å². The van der Waals surface area contributed by atoms with E-state index in [9.17, 15) is 4.79 Å². The average Bonchev–Trinajstić information content (AvgIpc) is 2.61. The van der Waals surface area contributed by atoms with E-state index in [1.165, 1.54) is 0 Å². The Labute approximate surface area is 89.7 Å². The van der Waals surface area contributed by atoms with Crippen molar-refractivity contribution in [2.45, 2.75) is 0 Å². The zero-order chi connectivity index (χ0) is 11.1. The molecule has 0 aromatic carbocycles. The Bertz CT molecular complexity index is 242. The number of nitrogens with one attached hydrogen (secondary N) is 2. The summed E-state index contributed by atoms with van der Waals surface area (Å²) in [7, 11) is 3.55. The lowest BCUT2D eigenvalue weighted by molar-refractivity contribution is -0.120. The normalized spacial score (nSPS) is 15.1. The van der Waals surface area contributed by atoms with Gasteiger partial charge in [0.15, 0.2) is 5.96 Å². The molecular weight excluding hydrogens is 196 g/mol. The molecule has 15 heavy (non-hydrogen) atoms. The fourth-order valence-electron chi connectivity index (χ4n) is 1.24. The number of hydrogen-bond donors (Lipinski definition) is 2. The number of likely N-dealkylation sites (N-methyl/N-ethyl adjacent to an activating group) is 1. The molecule has 0 atom stereocenters. The van der Waals surface area contributed by atoms with Gasteiger partial charge in [-0.1, -0.05) is 0 Å². The van der Waals surface area contributed by atoms with Gasteiger partial charge in [0.2, 0.25) is 5.91 Å². The summed E-state index contributed by atoms with van der Waals surface area (Å²) >= 11 is 0. The third kappa shape index (κ3) is 4.16.